The lowest BCUT2D eigenvalue weighted by molar-refractivity contribution is 0.131. The third-order valence-electron chi connectivity index (χ3n) is 3.55. The lowest BCUT2D eigenvalue weighted by Crippen LogP contribution is -2.50. The summed E-state index contributed by atoms with van der Waals surface area (Å²) in [6.45, 7) is 6.69. The summed E-state index contributed by atoms with van der Waals surface area (Å²) in [5.74, 6) is 1.46. The Balaban J connectivity index is 1.82. The number of rotatable bonds is 3. The van der Waals surface area contributed by atoms with Crippen LogP contribution < -0.4 is 10.6 Å². The Hall–Kier alpha value is -0.910. The summed E-state index contributed by atoms with van der Waals surface area (Å²) in [7, 11) is 0. The second-order valence-corrected chi connectivity index (χ2v) is 6.22. The summed E-state index contributed by atoms with van der Waals surface area (Å²) in [6.07, 6.45) is 4.40. The van der Waals surface area contributed by atoms with E-state index in [0.717, 1.165) is 19.0 Å². The minimum Gasteiger partial charge on any atom is -0.347 e. The summed E-state index contributed by atoms with van der Waals surface area (Å²) < 4.78 is 0. The summed E-state index contributed by atoms with van der Waals surface area (Å²) in [5, 5.41) is 7.59. The second-order valence-electron chi connectivity index (χ2n) is 5.38. The molecule has 0 aliphatic carbocycles. The molecule has 1 aromatic heterocycles. The van der Waals surface area contributed by atoms with Gasteiger partial charge in [0, 0.05) is 19.3 Å². The number of pyridine rings is 1. The van der Waals surface area contributed by atoms with Gasteiger partial charge in [0.1, 0.15) is 5.82 Å². The molecule has 0 aromatic carbocycles. The van der Waals surface area contributed by atoms with E-state index in [0.29, 0.717) is 16.0 Å². The lowest BCUT2D eigenvalue weighted by Gasteiger charge is -2.36. The maximum absolute atomic E-state index is 5.80. The van der Waals surface area contributed by atoms with E-state index in [4.69, 9.17) is 23.8 Å². The van der Waals surface area contributed by atoms with Crippen LogP contribution in [-0.4, -0.2) is 34.3 Å². The van der Waals surface area contributed by atoms with Crippen LogP contribution in [0.2, 0.25) is 5.02 Å². The maximum atomic E-state index is 5.80. The molecule has 6 heteroatoms. The molecule has 20 heavy (non-hydrogen) atoms. The Morgan fingerprint density at radius 3 is 3.00 bits per heavy atom. The van der Waals surface area contributed by atoms with Gasteiger partial charge in [0.25, 0.3) is 0 Å². The Morgan fingerprint density at radius 1 is 1.55 bits per heavy atom. The summed E-state index contributed by atoms with van der Waals surface area (Å²) in [5.41, 5.74) is 0. The number of likely N-dealkylation sites (tertiary alicyclic amines) is 1. The molecule has 1 aromatic rings. The highest BCUT2D eigenvalue weighted by Gasteiger charge is 2.21. The van der Waals surface area contributed by atoms with Crippen LogP contribution in [0.5, 0.6) is 0 Å². The molecule has 1 saturated heterocycles. The Labute approximate surface area is 130 Å². The van der Waals surface area contributed by atoms with Crippen LogP contribution in [0, 0.1) is 5.92 Å². The molecule has 2 heterocycles. The number of halogens is 1. The van der Waals surface area contributed by atoms with E-state index in [1.165, 1.54) is 12.8 Å². The number of aromatic nitrogens is 1. The zero-order valence-corrected chi connectivity index (χ0v) is 13.5. The third-order valence-corrected chi connectivity index (χ3v) is 3.99. The van der Waals surface area contributed by atoms with Crippen LogP contribution in [0.15, 0.2) is 18.3 Å². The van der Waals surface area contributed by atoms with Gasteiger partial charge in [0.15, 0.2) is 5.11 Å². The van der Waals surface area contributed by atoms with Gasteiger partial charge in [-0.25, -0.2) is 4.98 Å². The molecule has 0 saturated carbocycles. The third kappa shape index (κ3) is 4.58. The predicted molar refractivity (Wildman–Crippen MR) is 88.0 cm³/mol. The number of hydrogen-bond acceptors (Lipinski definition) is 3. The Bertz CT molecular complexity index is 451. The molecule has 1 aliphatic heterocycles. The number of nitrogens with one attached hydrogen (secondary N) is 2. The molecule has 110 valence electrons. The van der Waals surface area contributed by atoms with Crippen molar-refractivity contribution in [1.29, 1.82) is 0 Å². The van der Waals surface area contributed by atoms with Gasteiger partial charge in [-0.1, -0.05) is 18.5 Å². The highest BCUT2D eigenvalue weighted by atomic mass is 35.5. The van der Waals surface area contributed by atoms with Crippen molar-refractivity contribution in [3.05, 3.63) is 23.4 Å². The van der Waals surface area contributed by atoms with Gasteiger partial charge < -0.3 is 10.6 Å². The average molecular weight is 313 g/mol. The maximum Gasteiger partial charge on any atom is 0.173 e. The Morgan fingerprint density at radius 2 is 2.35 bits per heavy atom. The topological polar surface area (TPSA) is 40.2 Å². The van der Waals surface area contributed by atoms with Crippen molar-refractivity contribution in [3.8, 4) is 0 Å². The highest BCUT2D eigenvalue weighted by molar-refractivity contribution is 7.80. The molecular formula is C14H21ClN4S. The van der Waals surface area contributed by atoms with Crippen LogP contribution in [0.4, 0.5) is 5.82 Å². The molecule has 0 spiro atoms. The van der Waals surface area contributed by atoms with Gasteiger partial charge in [-0.2, -0.15) is 0 Å². The summed E-state index contributed by atoms with van der Waals surface area (Å²) in [6, 6.07) is 3.60. The van der Waals surface area contributed by atoms with Crippen molar-refractivity contribution in [1.82, 2.24) is 15.2 Å². The van der Waals surface area contributed by atoms with E-state index in [1.807, 2.05) is 6.07 Å². The number of nitrogens with zero attached hydrogens (tertiary/aromatic N) is 2. The molecule has 0 amide bonds. The molecular weight excluding hydrogens is 292 g/mol. The van der Waals surface area contributed by atoms with E-state index in [-0.39, 0.29) is 6.17 Å². The quantitative estimate of drug-likeness (QED) is 0.839. The van der Waals surface area contributed by atoms with Crippen molar-refractivity contribution < 1.29 is 0 Å². The van der Waals surface area contributed by atoms with Crippen molar-refractivity contribution in [2.75, 3.05) is 18.4 Å². The summed E-state index contributed by atoms with van der Waals surface area (Å²) in [4.78, 5) is 6.59. The molecule has 2 N–H and O–H groups in total. The SMILES string of the molecule is CC1CCCN(C(C)NC(=S)Nc2ccc(Cl)cn2)C1. The zero-order valence-electron chi connectivity index (χ0n) is 11.9. The fraction of sp³-hybridized carbons (Fsp3) is 0.571. The molecule has 1 fully saturated rings. The lowest BCUT2D eigenvalue weighted by atomic mass is 10.00. The minimum atomic E-state index is 0.227. The normalized spacial score (nSPS) is 21.2. The Kier molecular flexibility index (Phi) is 5.57. The fourth-order valence-electron chi connectivity index (χ4n) is 2.46. The fourth-order valence-corrected chi connectivity index (χ4v) is 2.85. The number of piperidine rings is 1. The molecule has 2 unspecified atom stereocenters. The van der Waals surface area contributed by atoms with Crippen molar-refractivity contribution in [3.63, 3.8) is 0 Å². The second kappa shape index (κ2) is 7.20. The van der Waals surface area contributed by atoms with Gasteiger partial charge in [0.2, 0.25) is 0 Å². The first kappa shape index (κ1) is 15.5. The van der Waals surface area contributed by atoms with Crippen LogP contribution in [0.25, 0.3) is 0 Å². The van der Waals surface area contributed by atoms with Crippen LogP contribution in [-0.2, 0) is 0 Å². The first-order chi connectivity index (χ1) is 9.54. The van der Waals surface area contributed by atoms with Gasteiger partial charge in [-0.3, -0.25) is 4.90 Å². The van der Waals surface area contributed by atoms with Crippen LogP contribution in [0.3, 0.4) is 0 Å². The van der Waals surface area contributed by atoms with E-state index in [1.54, 1.807) is 12.3 Å². The molecule has 0 bridgehead atoms. The van der Waals surface area contributed by atoms with Crippen molar-refractivity contribution >= 4 is 34.7 Å². The summed E-state index contributed by atoms with van der Waals surface area (Å²) >= 11 is 11.1. The molecule has 1 aliphatic rings. The highest BCUT2D eigenvalue weighted by Crippen LogP contribution is 2.17. The van der Waals surface area contributed by atoms with Gasteiger partial charge in [-0.15, -0.1) is 0 Å². The molecule has 4 nitrogen and oxygen atoms in total. The van der Waals surface area contributed by atoms with Gasteiger partial charge in [0.05, 0.1) is 11.2 Å². The van der Waals surface area contributed by atoms with E-state index in [2.05, 4.69) is 34.4 Å². The minimum absolute atomic E-state index is 0.227. The van der Waals surface area contributed by atoms with Crippen molar-refractivity contribution in [2.24, 2.45) is 5.92 Å². The molecule has 2 atom stereocenters. The van der Waals surface area contributed by atoms with E-state index < -0.39 is 0 Å². The first-order valence-electron chi connectivity index (χ1n) is 6.97. The standard InChI is InChI=1S/C14H21ClN4S/c1-10-4-3-7-19(9-10)11(2)17-14(20)18-13-6-5-12(15)8-16-13/h5-6,8,10-11H,3-4,7,9H2,1-2H3,(H2,16,17,18,20). The molecule has 0 radical (unpaired) electrons. The number of anilines is 1. The van der Waals surface area contributed by atoms with Gasteiger partial charge >= 0.3 is 0 Å². The number of thiocarbonyl (C=S) groups is 1. The van der Waals surface area contributed by atoms with E-state index in [9.17, 15) is 0 Å². The van der Waals surface area contributed by atoms with Gasteiger partial charge in [-0.05, 0) is 50.0 Å². The zero-order chi connectivity index (χ0) is 14.5. The number of hydrogen-bond donors (Lipinski definition) is 2. The largest absolute Gasteiger partial charge is 0.347 e. The van der Waals surface area contributed by atoms with Crippen LogP contribution >= 0.6 is 23.8 Å². The van der Waals surface area contributed by atoms with Crippen LogP contribution in [0.1, 0.15) is 26.7 Å². The first-order valence-corrected chi connectivity index (χ1v) is 7.76. The van der Waals surface area contributed by atoms with Crippen molar-refractivity contribution in [2.45, 2.75) is 32.9 Å². The van der Waals surface area contributed by atoms with E-state index >= 15 is 0 Å². The monoisotopic (exact) mass is 312 g/mol. The molecule has 2 rings (SSSR count). The predicted octanol–water partition coefficient (Wildman–Crippen LogP) is 3.10. The smallest absolute Gasteiger partial charge is 0.173 e. The average Bonchev–Trinajstić information content (AvgIpc) is 2.41.